The number of hydrogen-bond donors (Lipinski definition) is 2. The molecule has 2 N–H and O–H groups in total. The molecular formula is C31H39N7O3. The SMILES string of the molecule is CC1(C)C[C@@H]2N(c3cccc([C@@H]4COCCN4)n3)c3nc(Nc4ccc(N5CCOCC5)cc4)ncc3[C@]2(C)CO1. The fourth-order valence-electron chi connectivity index (χ4n) is 6.49. The van der Waals surface area contributed by atoms with Crippen molar-refractivity contribution in [3.8, 4) is 0 Å². The number of nitrogens with one attached hydrogen (secondary N) is 2. The predicted octanol–water partition coefficient (Wildman–Crippen LogP) is 4.09. The van der Waals surface area contributed by atoms with Crippen molar-refractivity contribution in [3.63, 3.8) is 0 Å². The predicted molar refractivity (Wildman–Crippen MR) is 159 cm³/mol. The summed E-state index contributed by atoms with van der Waals surface area (Å²) in [5.41, 5.74) is 3.71. The molecule has 0 amide bonds. The molecule has 3 atom stereocenters. The molecule has 0 radical (unpaired) electrons. The van der Waals surface area contributed by atoms with Gasteiger partial charge in [0.05, 0.1) is 56.4 Å². The van der Waals surface area contributed by atoms with Gasteiger partial charge in [-0.3, -0.25) is 0 Å². The highest BCUT2D eigenvalue weighted by molar-refractivity contribution is 5.71. The number of aromatic nitrogens is 3. The topological polar surface area (TPSA) is 96.9 Å². The Balaban J connectivity index is 1.22. The van der Waals surface area contributed by atoms with Crippen molar-refractivity contribution in [2.24, 2.45) is 0 Å². The zero-order chi connectivity index (χ0) is 28.0. The monoisotopic (exact) mass is 557 g/mol. The fraction of sp³-hybridized carbons (Fsp3) is 0.516. The lowest BCUT2D eigenvalue weighted by Gasteiger charge is -2.46. The van der Waals surface area contributed by atoms with Crippen LogP contribution >= 0.6 is 0 Å². The molecule has 0 aliphatic carbocycles. The summed E-state index contributed by atoms with van der Waals surface area (Å²) in [5, 5.41) is 6.98. The van der Waals surface area contributed by atoms with Crippen molar-refractivity contribution in [2.45, 2.75) is 50.3 Å². The van der Waals surface area contributed by atoms with Crippen LogP contribution in [-0.4, -0.2) is 79.3 Å². The molecule has 216 valence electrons. The molecule has 10 heteroatoms. The summed E-state index contributed by atoms with van der Waals surface area (Å²) in [7, 11) is 0. The number of fused-ring (bicyclic) bond motifs is 3. The molecule has 0 unspecified atom stereocenters. The van der Waals surface area contributed by atoms with Gasteiger partial charge in [-0.05, 0) is 56.7 Å². The molecule has 10 nitrogen and oxygen atoms in total. The quantitative estimate of drug-likeness (QED) is 0.478. The summed E-state index contributed by atoms with van der Waals surface area (Å²) >= 11 is 0. The van der Waals surface area contributed by atoms with Crippen molar-refractivity contribution >= 4 is 29.0 Å². The van der Waals surface area contributed by atoms with E-state index in [4.69, 9.17) is 29.2 Å². The van der Waals surface area contributed by atoms with E-state index in [2.05, 4.69) is 83.7 Å². The molecule has 3 saturated heterocycles. The average molecular weight is 558 g/mol. The van der Waals surface area contributed by atoms with Crippen LogP contribution in [-0.2, 0) is 19.6 Å². The van der Waals surface area contributed by atoms with E-state index < -0.39 is 0 Å². The van der Waals surface area contributed by atoms with Gasteiger partial charge >= 0.3 is 0 Å². The van der Waals surface area contributed by atoms with E-state index >= 15 is 0 Å². The minimum atomic E-state index is -0.257. The Hall–Kier alpha value is -3.31. The maximum absolute atomic E-state index is 6.37. The summed E-state index contributed by atoms with van der Waals surface area (Å²) in [5.74, 6) is 2.34. The van der Waals surface area contributed by atoms with Crippen LogP contribution in [0.25, 0.3) is 0 Å². The summed E-state index contributed by atoms with van der Waals surface area (Å²) in [4.78, 5) is 19.7. The van der Waals surface area contributed by atoms with Gasteiger partial charge < -0.3 is 34.6 Å². The number of benzene rings is 1. The highest BCUT2D eigenvalue weighted by atomic mass is 16.5. The average Bonchev–Trinajstić information content (AvgIpc) is 3.25. The van der Waals surface area contributed by atoms with Gasteiger partial charge in [0.2, 0.25) is 5.95 Å². The van der Waals surface area contributed by atoms with Gasteiger partial charge in [-0.2, -0.15) is 4.98 Å². The van der Waals surface area contributed by atoms with Crippen LogP contribution in [0.3, 0.4) is 0 Å². The van der Waals surface area contributed by atoms with E-state index in [0.717, 1.165) is 74.5 Å². The van der Waals surface area contributed by atoms with E-state index in [1.54, 1.807) is 0 Å². The van der Waals surface area contributed by atoms with Crippen LogP contribution in [0.1, 0.15) is 44.5 Å². The third-order valence-electron chi connectivity index (χ3n) is 8.89. The van der Waals surface area contributed by atoms with Gasteiger partial charge in [0.1, 0.15) is 11.6 Å². The minimum absolute atomic E-state index is 0.0753. The molecule has 0 spiro atoms. The molecule has 7 rings (SSSR count). The van der Waals surface area contributed by atoms with Crippen molar-refractivity contribution < 1.29 is 14.2 Å². The number of hydrogen-bond acceptors (Lipinski definition) is 10. The Morgan fingerprint density at radius 1 is 0.976 bits per heavy atom. The van der Waals surface area contributed by atoms with E-state index in [1.807, 2.05) is 6.20 Å². The van der Waals surface area contributed by atoms with E-state index in [-0.39, 0.29) is 23.1 Å². The Kier molecular flexibility index (Phi) is 6.81. The van der Waals surface area contributed by atoms with Crippen molar-refractivity contribution in [2.75, 3.05) is 67.8 Å². The van der Waals surface area contributed by atoms with E-state index in [1.165, 1.54) is 5.69 Å². The Morgan fingerprint density at radius 2 is 1.80 bits per heavy atom. The number of anilines is 5. The Morgan fingerprint density at radius 3 is 2.59 bits per heavy atom. The molecule has 0 bridgehead atoms. The summed E-state index contributed by atoms with van der Waals surface area (Å²) in [6.45, 7) is 12.7. The zero-order valence-electron chi connectivity index (χ0n) is 24.1. The summed E-state index contributed by atoms with van der Waals surface area (Å²) < 4.78 is 17.6. The van der Waals surface area contributed by atoms with Crippen molar-refractivity contribution in [1.29, 1.82) is 0 Å². The first kappa shape index (κ1) is 26.6. The summed E-state index contributed by atoms with van der Waals surface area (Å²) in [6, 6.07) is 14.9. The van der Waals surface area contributed by atoms with Crippen LogP contribution in [0.5, 0.6) is 0 Å². The highest BCUT2D eigenvalue weighted by Gasteiger charge is 2.55. The second-order valence-corrected chi connectivity index (χ2v) is 12.3. The van der Waals surface area contributed by atoms with E-state index in [9.17, 15) is 0 Å². The molecule has 1 aromatic carbocycles. The Labute approximate surface area is 241 Å². The fourth-order valence-corrected chi connectivity index (χ4v) is 6.49. The molecule has 3 aromatic rings. The van der Waals surface area contributed by atoms with Gasteiger partial charge in [-0.15, -0.1) is 0 Å². The zero-order valence-corrected chi connectivity index (χ0v) is 24.1. The van der Waals surface area contributed by atoms with Crippen LogP contribution in [0.4, 0.5) is 29.0 Å². The molecule has 0 saturated carbocycles. The van der Waals surface area contributed by atoms with Gasteiger partial charge in [0.25, 0.3) is 0 Å². The lowest BCUT2D eigenvalue weighted by molar-refractivity contribution is -0.0893. The highest BCUT2D eigenvalue weighted by Crippen LogP contribution is 2.53. The first-order valence-corrected chi connectivity index (χ1v) is 14.7. The lowest BCUT2D eigenvalue weighted by Crippen LogP contribution is -2.54. The summed E-state index contributed by atoms with van der Waals surface area (Å²) in [6.07, 6.45) is 2.82. The number of nitrogens with zero attached hydrogens (tertiary/aromatic N) is 5. The second kappa shape index (κ2) is 10.5. The van der Waals surface area contributed by atoms with Crippen LogP contribution in [0.15, 0.2) is 48.7 Å². The molecule has 2 aromatic heterocycles. The third-order valence-corrected chi connectivity index (χ3v) is 8.89. The van der Waals surface area contributed by atoms with Gasteiger partial charge in [0.15, 0.2) is 0 Å². The smallest absolute Gasteiger partial charge is 0.229 e. The van der Waals surface area contributed by atoms with Crippen LogP contribution in [0.2, 0.25) is 0 Å². The van der Waals surface area contributed by atoms with Gasteiger partial charge in [0, 0.05) is 48.2 Å². The Bertz CT molecular complexity index is 1390. The minimum Gasteiger partial charge on any atom is -0.378 e. The van der Waals surface area contributed by atoms with Crippen molar-refractivity contribution in [1.82, 2.24) is 20.3 Å². The molecule has 41 heavy (non-hydrogen) atoms. The largest absolute Gasteiger partial charge is 0.378 e. The first-order valence-electron chi connectivity index (χ1n) is 14.7. The molecular weight excluding hydrogens is 518 g/mol. The maximum atomic E-state index is 6.37. The number of rotatable bonds is 5. The number of morpholine rings is 2. The van der Waals surface area contributed by atoms with Crippen LogP contribution < -0.4 is 20.4 Å². The maximum Gasteiger partial charge on any atom is 0.229 e. The van der Waals surface area contributed by atoms with Gasteiger partial charge in [-0.25, -0.2) is 9.97 Å². The van der Waals surface area contributed by atoms with E-state index in [0.29, 0.717) is 19.2 Å². The molecule has 6 heterocycles. The molecule has 4 aliphatic rings. The first-order chi connectivity index (χ1) is 19.9. The standard InChI is InChI=1S/C31H39N7O3/c1-30(2)17-26-31(3,20-41-30)23-18-33-29(34-21-7-9-22(10-8-21)37-12-15-39-16-13-37)36-28(23)38(26)27-6-4-5-24(35-27)25-19-40-14-11-32-25/h4-10,18,25-26,32H,11-17,19-20H2,1-3H3,(H,33,34,36)/t25-,26-,31-/m0/s1. The number of pyridine rings is 1. The lowest BCUT2D eigenvalue weighted by atomic mass is 9.73. The van der Waals surface area contributed by atoms with Gasteiger partial charge in [-0.1, -0.05) is 13.0 Å². The van der Waals surface area contributed by atoms with Crippen molar-refractivity contribution in [3.05, 3.63) is 59.9 Å². The second-order valence-electron chi connectivity index (χ2n) is 12.3. The number of ether oxygens (including phenoxy) is 3. The third kappa shape index (κ3) is 5.03. The molecule has 4 aliphatic heterocycles. The van der Waals surface area contributed by atoms with Crippen LogP contribution in [0, 0.1) is 0 Å². The molecule has 3 fully saturated rings. The normalized spacial score (nSPS) is 27.3.